The summed E-state index contributed by atoms with van der Waals surface area (Å²) in [6.07, 6.45) is 0. The van der Waals surface area contributed by atoms with Crippen molar-refractivity contribution in [2.75, 3.05) is 6.61 Å². The van der Waals surface area contributed by atoms with Gasteiger partial charge in [0.2, 0.25) is 0 Å². The largest absolute Gasteiger partial charge is 0.375 e. The van der Waals surface area contributed by atoms with Crippen molar-refractivity contribution < 1.29 is 4.74 Å². The molecular weight excluding hydrogens is 88.1 g/mol. The zero-order chi connectivity index (χ0) is 5.49. The average Bonchev–Trinajstić information content (AvgIpc) is 1.63. The van der Waals surface area contributed by atoms with E-state index in [4.69, 9.17) is 4.74 Å². The van der Waals surface area contributed by atoms with Crippen LogP contribution in [0.25, 0.3) is 0 Å². The lowest BCUT2D eigenvalue weighted by Gasteiger charge is -2.42. The Morgan fingerprint density at radius 1 is 1.57 bits per heavy atom. The highest BCUT2D eigenvalue weighted by atomic mass is 16.5. The Morgan fingerprint density at radius 3 is 2.00 bits per heavy atom. The molecular formula is C6H12O. The summed E-state index contributed by atoms with van der Waals surface area (Å²) in [5.74, 6) is 0.757. The summed E-state index contributed by atoms with van der Waals surface area (Å²) < 4.78 is 5.23. The van der Waals surface area contributed by atoms with E-state index >= 15 is 0 Å². The van der Waals surface area contributed by atoms with E-state index in [2.05, 4.69) is 20.8 Å². The first-order valence-corrected chi connectivity index (χ1v) is 2.77. The van der Waals surface area contributed by atoms with E-state index in [9.17, 15) is 0 Å². The van der Waals surface area contributed by atoms with Crippen LogP contribution in [0, 0.1) is 5.92 Å². The second kappa shape index (κ2) is 1.22. The van der Waals surface area contributed by atoms with Gasteiger partial charge in [-0.3, -0.25) is 0 Å². The molecule has 0 aromatic rings. The van der Waals surface area contributed by atoms with Crippen molar-refractivity contribution in [3.8, 4) is 0 Å². The summed E-state index contributed by atoms with van der Waals surface area (Å²) in [4.78, 5) is 0. The molecule has 0 aliphatic carbocycles. The normalized spacial score (nSPS) is 37.3. The van der Waals surface area contributed by atoms with Crippen molar-refractivity contribution in [1.82, 2.24) is 0 Å². The van der Waals surface area contributed by atoms with Crippen LogP contribution in [0.4, 0.5) is 0 Å². The molecule has 7 heavy (non-hydrogen) atoms. The standard InChI is InChI=1S/C6H12O/c1-5-4-7-6(5,2)3/h5H,4H2,1-3H3. The van der Waals surface area contributed by atoms with Gasteiger partial charge >= 0.3 is 0 Å². The van der Waals surface area contributed by atoms with E-state index in [1.54, 1.807) is 0 Å². The van der Waals surface area contributed by atoms with Gasteiger partial charge in [0.25, 0.3) is 0 Å². The lowest BCUT2D eigenvalue weighted by Crippen LogP contribution is -2.46. The van der Waals surface area contributed by atoms with Crippen molar-refractivity contribution in [3.05, 3.63) is 0 Å². The topological polar surface area (TPSA) is 9.23 Å². The number of hydrogen-bond acceptors (Lipinski definition) is 1. The van der Waals surface area contributed by atoms with E-state index in [0.29, 0.717) is 0 Å². The SMILES string of the molecule is CC1COC1(C)C. The molecule has 1 rings (SSSR count). The van der Waals surface area contributed by atoms with Crippen LogP contribution in [0.2, 0.25) is 0 Å². The molecule has 0 amide bonds. The van der Waals surface area contributed by atoms with Crippen LogP contribution in [0.5, 0.6) is 0 Å². The van der Waals surface area contributed by atoms with Crippen LogP contribution >= 0.6 is 0 Å². The van der Waals surface area contributed by atoms with Gasteiger partial charge < -0.3 is 4.74 Å². The minimum atomic E-state index is 0.181. The predicted molar refractivity (Wildman–Crippen MR) is 29.2 cm³/mol. The first-order chi connectivity index (χ1) is 3.13. The maximum absolute atomic E-state index is 5.23. The molecule has 1 nitrogen and oxygen atoms in total. The maximum Gasteiger partial charge on any atom is 0.0674 e. The van der Waals surface area contributed by atoms with E-state index in [-0.39, 0.29) is 5.60 Å². The third-order valence-corrected chi connectivity index (χ3v) is 1.89. The highest BCUT2D eigenvalue weighted by Gasteiger charge is 2.35. The second-order valence-corrected chi connectivity index (χ2v) is 2.82. The van der Waals surface area contributed by atoms with Gasteiger partial charge in [-0.25, -0.2) is 0 Å². The Kier molecular flexibility index (Phi) is 0.890. The zero-order valence-corrected chi connectivity index (χ0v) is 5.19. The summed E-state index contributed by atoms with van der Waals surface area (Å²) in [7, 11) is 0. The van der Waals surface area contributed by atoms with Gasteiger partial charge in [0, 0.05) is 5.92 Å². The maximum atomic E-state index is 5.23. The minimum absolute atomic E-state index is 0.181. The molecule has 1 atom stereocenters. The molecule has 0 saturated carbocycles. The Hall–Kier alpha value is -0.0400. The van der Waals surface area contributed by atoms with Crippen LogP contribution in [-0.4, -0.2) is 12.2 Å². The Morgan fingerprint density at radius 2 is 2.00 bits per heavy atom. The lowest BCUT2D eigenvalue weighted by atomic mass is 9.88. The van der Waals surface area contributed by atoms with E-state index in [1.165, 1.54) is 0 Å². The summed E-state index contributed by atoms with van der Waals surface area (Å²) in [6.45, 7) is 7.42. The lowest BCUT2D eigenvalue weighted by molar-refractivity contribution is -0.173. The molecule has 0 bridgehead atoms. The van der Waals surface area contributed by atoms with Gasteiger partial charge in [-0.2, -0.15) is 0 Å². The van der Waals surface area contributed by atoms with Crippen molar-refractivity contribution in [3.63, 3.8) is 0 Å². The molecule has 0 radical (unpaired) electrons. The van der Waals surface area contributed by atoms with Crippen molar-refractivity contribution in [1.29, 1.82) is 0 Å². The van der Waals surface area contributed by atoms with Crippen LogP contribution in [0.3, 0.4) is 0 Å². The third kappa shape index (κ3) is 0.653. The van der Waals surface area contributed by atoms with Crippen LogP contribution in [0.15, 0.2) is 0 Å². The number of ether oxygens (including phenoxy) is 1. The van der Waals surface area contributed by atoms with Crippen LogP contribution < -0.4 is 0 Å². The van der Waals surface area contributed by atoms with Gasteiger partial charge in [0.1, 0.15) is 0 Å². The summed E-state index contributed by atoms with van der Waals surface area (Å²) in [5, 5.41) is 0. The quantitative estimate of drug-likeness (QED) is 0.447. The monoisotopic (exact) mass is 100 g/mol. The second-order valence-electron chi connectivity index (χ2n) is 2.82. The fraction of sp³-hybridized carbons (Fsp3) is 1.00. The smallest absolute Gasteiger partial charge is 0.0674 e. The molecule has 0 spiro atoms. The first kappa shape index (κ1) is 5.10. The highest BCUT2D eigenvalue weighted by Crippen LogP contribution is 2.30. The van der Waals surface area contributed by atoms with E-state index < -0.39 is 0 Å². The summed E-state index contributed by atoms with van der Waals surface area (Å²) in [6, 6.07) is 0. The average molecular weight is 100 g/mol. The molecule has 1 aliphatic heterocycles. The van der Waals surface area contributed by atoms with Crippen molar-refractivity contribution in [2.45, 2.75) is 26.4 Å². The molecule has 0 N–H and O–H groups in total. The summed E-state index contributed by atoms with van der Waals surface area (Å²) in [5.41, 5.74) is 0.181. The third-order valence-electron chi connectivity index (χ3n) is 1.89. The highest BCUT2D eigenvalue weighted by molar-refractivity contribution is 4.83. The van der Waals surface area contributed by atoms with Gasteiger partial charge in [-0.1, -0.05) is 6.92 Å². The Labute approximate surface area is 44.7 Å². The van der Waals surface area contributed by atoms with Gasteiger partial charge in [-0.15, -0.1) is 0 Å². The Balaban J connectivity index is 2.43. The Bertz CT molecular complexity index is 76.2. The summed E-state index contributed by atoms with van der Waals surface area (Å²) >= 11 is 0. The van der Waals surface area contributed by atoms with Gasteiger partial charge in [0.05, 0.1) is 12.2 Å². The fourth-order valence-electron chi connectivity index (χ4n) is 0.583. The van der Waals surface area contributed by atoms with E-state index in [1.807, 2.05) is 0 Å². The molecule has 0 aromatic carbocycles. The minimum Gasteiger partial charge on any atom is -0.375 e. The fourth-order valence-corrected chi connectivity index (χ4v) is 0.583. The van der Waals surface area contributed by atoms with Crippen LogP contribution in [0.1, 0.15) is 20.8 Å². The molecule has 1 saturated heterocycles. The van der Waals surface area contributed by atoms with Crippen molar-refractivity contribution in [2.24, 2.45) is 5.92 Å². The molecule has 1 fully saturated rings. The molecule has 1 unspecified atom stereocenters. The van der Waals surface area contributed by atoms with Gasteiger partial charge in [0.15, 0.2) is 0 Å². The molecule has 1 heteroatoms. The predicted octanol–water partition coefficient (Wildman–Crippen LogP) is 1.43. The molecule has 1 heterocycles. The molecule has 0 aromatic heterocycles. The van der Waals surface area contributed by atoms with Crippen molar-refractivity contribution >= 4 is 0 Å². The number of rotatable bonds is 0. The molecule has 42 valence electrons. The zero-order valence-electron chi connectivity index (χ0n) is 5.19. The van der Waals surface area contributed by atoms with E-state index in [0.717, 1.165) is 12.5 Å². The van der Waals surface area contributed by atoms with Gasteiger partial charge in [-0.05, 0) is 13.8 Å². The number of hydrogen-bond donors (Lipinski definition) is 0. The molecule has 1 aliphatic rings. The first-order valence-electron chi connectivity index (χ1n) is 2.77. The van der Waals surface area contributed by atoms with Crippen LogP contribution in [-0.2, 0) is 4.74 Å².